The molecule has 1 N–H and O–H groups in total. The summed E-state index contributed by atoms with van der Waals surface area (Å²) in [6.07, 6.45) is 4.97. The molecule has 0 aliphatic rings. The van der Waals surface area contributed by atoms with Crippen molar-refractivity contribution < 1.29 is 0 Å². The number of unbranched alkanes of at least 4 members (excludes halogenated alkanes) is 1. The van der Waals surface area contributed by atoms with Crippen LogP contribution in [0.15, 0.2) is 24.3 Å². The number of hydrogen-bond donors (Lipinski definition) is 1. The van der Waals surface area contributed by atoms with Gasteiger partial charge in [-0.15, -0.1) is 0 Å². The molecule has 1 aromatic rings. The van der Waals surface area contributed by atoms with Crippen LogP contribution in [0.5, 0.6) is 0 Å². The molecule has 108 valence electrons. The van der Waals surface area contributed by atoms with Crippen LogP contribution >= 0.6 is 0 Å². The summed E-state index contributed by atoms with van der Waals surface area (Å²) in [6, 6.07) is 10.2. The van der Waals surface area contributed by atoms with Crippen molar-refractivity contribution in [3.05, 3.63) is 35.4 Å². The van der Waals surface area contributed by atoms with Gasteiger partial charge in [0.25, 0.3) is 0 Å². The zero-order chi connectivity index (χ0) is 14.3. The fourth-order valence-electron chi connectivity index (χ4n) is 2.57. The van der Waals surface area contributed by atoms with E-state index >= 15 is 0 Å². The van der Waals surface area contributed by atoms with Gasteiger partial charge in [0.05, 0.1) is 0 Å². The average Bonchev–Trinajstić information content (AvgIpc) is 2.33. The Balaban J connectivity index is 2.81. The third-order valence-corrected chi connectivity index (χ3v) is 3.38. The second kappa shape index (κ2) is 8.37. The molecular weight excluding hydrogens is 230 g/mol. The van der Waals surface area contributed by atoms with Gasteiger partial charge in [0.2, 0.25) is 0 Å². The van der Waals surface area contributed by atoms with Gasteiger partial charge >= 0.3 is 0 Å². The quantitative estimate of drug-likeness (QED) is 0.685. The normalized spacial score (nSPS) is 13.2. The van der Waals surface area contributed by atoms with E-state index in [0.29, 0.717) is 12.1 Å². The Morgan fingerprint density at radius 2 is 1.84 bits per heavy atom. The van der Waals surface area contributed by atoms with Gasteiger partial charge in [-0.25, -0.2) is 0 Å². The van der Waals surface area contributed by atoms with Gasteiger partial charge in [0.15, 0.2) is 0 Å². The van der Waals surface area contributed by atoms with Crippen molar-refractivity contribution >= 4 is 0 Å². The fraction of sp³-hybridized carbons (Fsp3) is 0.667. The fourth-order valence-corrected chi connectivity index (χ4v) is 2.57. The lowest BCUT2D eigenvalue weighted by Gasteiger charge is -2.22. The second-order valence-corrected chi connectivity index (χ2v) is 6.36. The molecule has 1 heteroatoms. The highest BCUT2D eigenvalue weighted by Gasteiger charge is 2.12. The van der Waals surface area contributed by atoms with E-state index in [2.05, 4.69) is 64.2 Å². The largest absolute Gasteiger partial charge is 0.308 e. The number of hydrogen-bond acceptors (Lipinski definition) is 1. The summed E-state index contributed by atoms with van der Waals surface area (Å²) in [4.78, 5) is 0. The first-order chi connectivity index (χ1) is 9.02. The Bertz CT molecular complexity index is 354. The van der Waals surface area contributed by atoms with Gasteiger partial charge in [0, 0.05) is 12.1 Å². The van der Waals surface area contributed by atoms with Gasteiger partial charge in [-0.05, 0) is 29.9 Å². The summed E-state index contributed by atoms with van der Waals surface area (Å²) in [5.41, 5.74) is 2.93. The minimum Gasteiger partial charge on any atom is -0.308 e. The van der Waals surface area contributed by atoms with E-state index in [4.69, 9.17) is 0 Å². The highest BCUT2D eigenvalue weighted by Crippen LogP contribution is 2.22. The third kappa shape index (κ3) is 6.24. The number of rotatable bonds is 8. The summed E-state index contributed by atoms with van der Waals surface area (Å²) in [5.74, 6) is 0.724. The molecule has 0 spiro atoms. The van der Waals surface area contributed by atoms with Crippen molar-refractivity contribution in [3.8, 4) is 0 Å². The Morgan fingerprint density at radius 3 is 2.42 bits per heavy atom. The molecule has 1 unspecified atom stereocenters. The van der Waals surface area contributed by atoms with Crippen molar-refractivity contribution in [3.63, 3.8) is 0 Å². The lowest BCUT2D eigenvalue weighted by Crippen LogP contribution is -2.28. The van der Waals surface area contributed by atoms with E-state index < -0.39 is 0 Å². The molecule has 0 aliphatic heterocycles. The van der Waals surface area contributed by atoms with E-state index in [1.807, 2.05) is 0 Å². The molecule has 1 aromatic carbocycles. The van der Waals surface area contributed by atoms with E-state index in [-0.39, 0.29) is 0 Å². The Labute approximate surface area is 119 Å². The smallest absolute Gasteiger partial charge is 0.0322 e. The Kier molecular flexibility index (Phi) is 7.15. The molecule has 0 saturated carbocycles. The highest BCUT2D eigenvalue weighted by molar-refractivity contribution is 5.26. The topological polar surface area (TPSA) is 12.0 Å². The molecule has 0 aromatic heterocycles. The predicted octanol–water partition coefficient (Wildman–Crippen LogP) is 5.11. The van der Waals surface area contributed by atoms with Crippen LogP contribution in [0.25, 0.3) is 0 Å². The molecule has 0 amide bonds. The van der Waals surface area contributed by atoms with Crippen LogP contribution < -0.4 is 5.32 Å². The Morgan fingerprint density at radius 1 is 1.11 bits per heavy atom. The first-order valence-corrected chi connectivity index (χ1v) is 7.87. The van der Waals surface area contributed by atoms with Crippen molar-refractivity contribution in [1.82, 2.24) is 5.32 Å². The van der Waals surface area contributed by atoms with Gasteiger partial charge in [-0.3, -0.25) is 0 Å². The molecule has 0 heterocycles. The van der Waals surface area contributed by atoms with Crippen molar-refractivity contribution in [2.45, 2.75) is 72.4 Å². The zero-order valence-electron chi connectivity index (χ0n) is 13.4. The third-order valence-electron chi connectivity index (χ3n) is 3.38. The van der Waals surface area contributed by atoms with E-state index in [0.717, 1.165) is 5.92 Å². The summed E-state index contributed by atoms with van der Waals surface area (Å²) in [7, 11) is 0. The standard InChI is InChI=1S/C18H31N/c1-6-7-11-18(19-15(4)5)17-10-8-9-16(13-17)12-14(2)3/h8-10,13-15,18-19H,6-7,11-12H2,1-5H3. The molecule has 0 saturated heterocycles. The van der Waals surface area contributed by atoms with Crippen molar-refractivity contribution in [1.29, 1.82) is 0 Å². The van der Waals surface area contributed by atoms with Gasteiger partial charge < -0.3 is 5.32 Å². The molecule has 19 heavy (non-hydrogen) atoms. The van der Waals surface area contributed by atoms with E-state index in [9.17, 15) is 0 Å². The monoisotopic (exact) mass is 261 g/mol. The minimum atomic E-state index is 0.507. The predicted molar refractivity (Wildman–Crippen MR) is 85.5 cm³/mol. The van der Waals surface area contributed by atoms with Crippen LogP contribution in [0.2, 0.25) is 0 Å². The van der Waals surface area contributed by atoms with Gasteiger partial charge in [-0.1, -0.05) is 71.7 Å². The maximum atomic E-state index is 3.71. The molecule has 1 nitrogen and oxygen atoms in total. The zero-order valence-corrected chi connectivity index (χ0v) is 13.4. The van der Waals surface area contributed by atoms with Crippen LogP contribution in [0, 0.1) is 5.92 Å². The van der Waals surface area contributed by atoms with Gasteiger partial charge in [-0.2, -0.15) is 0 Å². The first kappa shape index (κ1) is 16.2. The lowest BCUT2D eigenvalue weighted by molar-refractivity contribution is 0.439. The molecular formula is C18H31N. The van der Waals surface area contributed by atoms with Crippen LogP contribution in [0.4, 0.5) is 0 Å². The summed E-state index contributed by atoms with van der Waals surface area (Å²) >= 11 is 0. The molecule has 0 fully saturated rings. The van der Waals surface area contributed by atoms with Crippen LogP contribution in [0.1, 0.15) is 71.0 Å². The average molecular weight is 261 g/mol. The van der Waals surface area contributed by atoms with E-state index in [1.165, 1.54) is 36.8 Å². The van der Waals surface area contributed by atoms with Crippen LogP contribution in [-0.4, -0.2) is 6.04 Å². The number of nitrogens with one attached hydrogen (secondary N) is 1. The lowest BCUT2D eigenvalue weighted by atomic mass is 9.95. The van der Waals surface area contributed by atoms with Crippen LogP contribution in [-0.2, 0) is 6.42 Å². The van der Waals surface area contributed by atoms with E-state index in [1.54, 1.807) is 0 Å². The summed E-state index contributed by atoms with van der Waals surface area (Å²) in [6.45, 7) is 11.3. The summed E-state index contributed by atoms with van der Waals surface area (Å²) < 4.78 is 0. The molecule has 0 radical (unpaired) electrons. The molecule has 1 atom stereocenters. The molecule has 0 bridgehead atoms. The SMILES string of the molecule is CCCCC(NC(C)C)c1cccc(CC(C)C)c1. The highest BCUT2D eigenvalue weighted by atomic mass is 14.9. The van der Waals surface area contributed by atoms with Crippen molar-refractivity contribution in [2.75, 3.05) is 0 Å². The summed E-state index contributed by atoms with van der Waals surface area (Å²) in [5, 5.41) is 3.71. The molecule has 0 aliphatic carbocycles. The maximum Gasteiger partial charge on any atom is 0.0322 e. The van der Waals surface area contributed by atoms with Crippen LogP contribution in [0.3, 0.4) is 0 Å². The maximum absolute atomic E-state index is 3.71. The molecule has 1 rings (SSSR count). The first-order valence-electron chi connectivity index (χ1n) is 7.87. The Hall–Kier alpha value is -0.820. The minimum absolute atomic E-state index is 0.507. The second-order valence-electron chi connectivity index (χ2n) is 6.36. The van der Waals surface area contributed by atoms with Gasteiger partial charge in [0.1, 0.15) is 0 Å². The number of benzene rings is 1. The van der Waals surface area contributed by atoms with Crippen molar-refractivity contribution in [2.24, 2.45) is 5.92 Å².